The number of halogens is 1. The summed E-state index contributed by atoms with van der Waals surface area (Å²) in [7, 11) is 1.62. The molecule has 5 nitrogen and oxygen atoms in total. The van der Waals surface area contributed by atoms with E-state index in [9.17, 15) is 9.18 Å². The summed E-state index contributed by atoms with van der Waals surface area (Å²) < 4.78 is 13.3. The van der Waals surface area contributed by atoms with Gasteiger partial charge in [-0.2, -0.15) is 0 Å². The fraction of sp³-hybridized carbons (Fsp3) is 0.167. The van der Waals surface area contributed by atoms with E-state index in [-0.39, 0.29) is 17.2 Å². The van der Waals surface area contributed by atoms with Crippen LogP contribution in [0.3, 0.4) is 0 Å². The summed E-state index contributed by atoms with van der Waals surface area (Å²) in [6.45, 7) is 0.331. The van der Waals surface area contributed by atoms with E-state index >= 15 is 0 Å². The molecule has 0 radical (unpaired) electrons. The lowest BCUT2D eigenvalue weighted by Gasteiger charge is -2.16. The number of amides is 1. The van der Waals surface area contributed by atoms with E-state index in [2.05, 4.69) is 9.97 Å². The van der Waals surface area contributed by atoms with E-state index < -0.39 is 5.82 Å². The van der Waals surface area contributed by atoms with Gasteiger partial charge in [0.25, 0.3) is 5.91 Å². The third kappa shape index (κ3) is 2.48. The first-order chi connectivity index (χ1) is 8.58. The van der Waals surface area contributed by atoms with Crippen molar-refractivity contribution in [1.29, 1.82) is 0 Å². The molecule has 3 N–H and O–H groups in total. The van der Waals surface area contributed by atoms with E-state index in [0.29, 0.717) is 12.4 Å². The minimum atomic E-state index is -0.591. The summed E-state index contributed by atoms with van der Waals surface area (Å²) >= 11 is 0. The van der Waals surface area contributed by atoms with Gasteiger partial charge in [0.1, 0.15) is 11.6 Å². The van der Waals surface area contributed by atoms with Crippen molar-refractivity contribution in [2.75, 3.05) is 12.8 Å². The number of nitrogens with zero attached hydrogens (tertiary/aromatic N) is 2. The molecular formula is C12H13FN4O. The van der Waals surface area contributed by atoms with Crippen LogP contribution in [0.15, 0.2) is 30.6 Å². The molecule has 1 heterocycles. The summed E-state index contributed by atoms with van der Waals surface area (Å²) in [5, 5.41) is 0. The first-order valence-electron chi connectivity index (χ1n) is 5.36. The van der Waals surface area contributed by atoms with E-state index in [1.807, 2.05) is 0 Å². The average Bonchev–Trinajstić information content (AvgIpc) is 2.84. The zero-order valence-electron chi connectivity index (χ0n) is 9.85. The number of nitrogen functional groups attached to an aromatic ring is 1. The minimum absolute atomic E-state index is 0.0280. The molecule has 0 bridgehead atoms. The normalized spacial score (nSPS) is 10.3. The van der Waals surface area contributed by atoms with Gasteiger partial charge in [0.05, 0.1) is 12.2 Å². The Labute approximate surface area is 103 Å². The van der Waals surface area contributed by atoms with E-state index in [1.165, 1.54) is 17.0 Å². The van der Waals surface area contributed by atoms with Gasteiger partial charge in [-0.15, -0.1) is 0 Å². The molecule has 94 valence electrons. The maximum Gasteiger partial charge on any atom is 0.254 e. The van der Waals surface area contributed by atoms with E-state index in [0.717, 1.165) is 6.07 Å². The number of rotatable bonds is 3. The van der Waals surface area contributed by atoms with Gasteiger partial charge in [-0.1, -0.05) is 0 Å². The van der Waals surface area contributed by atoms with Crippen molar-refractivity contribution >= 4 is 11.6 Å². The van der Waals surface area contributed by atoms with Crippen LogP contribution in [-0.2, 0) is 6.54 Å². The van der Waals surface area contributed by atoms with Crippen molar-refractivity contribution in [1.82, 2.24) is 14.9 Å². The van der Waals surface area contributed by atoms with Gasteiger partial charge in [-0.05, 0) is 18.2 Å². The molecule has 1 amide bonds. The molecular weight excluding hydrogens is 235 g/mol. The summed E-state index contributed by atoms with van der Waals surface area (Å²) in [6, 6.07) is 4.01. The molecule has 6 heteroatoms. The van der Waals surface area contributed by atoms with Crippen LogP contribution in [0.4, 0.5) is 10.1 Å². The number of carbonyl (C=O) groups excluding carboxylic acids is 1. The number of nitrogens with one attached hydrogen (secondary N) is 1. The fourth-order valence-electron chi connectivity index (χ4n) is 1.56. The summed E-state index contributed by atoms with van der Waals surface area (Å²) in [5.74, 6) is -0.209. The Hall–Kier alpha value is -2.37. The second-order valence-electron chi connectivity index (χ2n) is 3.93. The predicted octanol–water partition coefficient (Wildman–Crippen LogP) is 1.40. The lowest BCUT2D eigenvalue weighted by molar-refractivity contribution is 0.0781. The number of hydrogen-bond acceptors (Lipinski definition) is 3. The van der Waals surface area contributed by atoms with Crippen LogP contribution < -0.4 is 5.73 Å². The molecule has 0 aliphatic heterocycles. The highest BCUT2D eigenvalue weighted by Gasteiger charge is 2.14. The molecule has 0 unspecified atom stereocenters. The van der Waals surface area contributed by atoms with Crippen LogP contribution in [0.1, 0.15) is 16.2 Å². The first kappa shape index (κ1) is 12.1. The Balaban J connectivity index is 2.12. The Morgan fingerprint density at radius 2 is 2.33 bits per heavy atom. The maximum atomic E-state index is 13.3. The van der Waals surface area contributed by atoms with Gasteiger partial charge in [-0.3, -0.25) is 4.79 Å². The molecule has 0 aliphatic carbocycles. The molecule has 0 saturated heterocycles. The fourth-order valence-corrected chi connectivity index (χ4v) is 1.56. The van der Waals surface area contributed by atoms with Gasteiger partial charge in [-0.25, -0.2) is 9.37 Å². The monoisotopic (exact) mass is 248 g/mol. The molecule has 0 atom stereocenters. The van der Waals surface area contributed by atoms with E-state index in [4.69, 9.17) is 5.73 Å². The van der Waals surface area contributed by atoms with Crippen molar-refractivity contribution in [3.63, 3.8) is 0 Å². The Morgan fingerprint density at radius 1 is 1.56 bits per heavy atom. The number of benzene rings is 1. The zero-order valence-corrected chi connectivity index (χ0v) is 9.85. The SMILES string of the molecule is CN(Cc1ncc[nH]1)C(=O)c1ccc(N)c(F)c1. The molecule has 0 fully saturated rings. The molecule has 2 rings (SSSR count). The first-order valence-corrected chi connectivity index (χ1v) is 5.36. The molecule has 0 spiro atoms. The highest BCUT2D eigenvalue weighted by molar-refractivity contribution is 5.94. The van der Waals surface area contributed by atoms with Crippen LogP contribution in [-0.4, -0.2) is 27.8 Å². The van der Waals surface area contributed by atoms with E-state index in [1.54, 1.807) is 19.4 Å². The van der Waals surface area contributed by atoms with Crippen molar-refractivity contribution in [2.45, 2.75) is 6.54 Å². The Kier molecular flexibility index (Phi) is 3.27. The number of hydrogen-bond donors (Lipinski definition) is 2. The summed E-state index contributed by atoms with van der Waals surface area (Å²) in [5.41, 5.74) is 5.65. The van der Waals surface area contributed by atoms with Gasteiger partial charge in [0.15, 0.2) is 0 Å². The van der Waals surface area contributed by atoms with Crippen LogP contribution in [0.5, 0.6) is 0 Å². The zero-order chi connectivity index (χ0) is 13.1. The van der Waals surface area contributed by atoms with Gasteiger partial charge in [0, 0.05) is 25.0 Å². The number of nitrogens with two attached hydrogens (primary N) is 1. The van der Waals surface area contributed by atoms with Gasteiger partial charge >= 0.3 is 0 Å². The lowest BCUT2D eigenvalue weighted by Crippen LogP contribution is -2.26. The molecule has 0 aliphatic rings. The highest BCUT2D eigenvalue weighted by Crippen LogP contribution is 2.13. The molecule has 18 heavy (non-hydrogen) atoms. The number of aromatic nitrogens is 2. The van der Waals surface area contributed by atoms with Crippen molar-refractivity contribution in [3.8, 4) is 0 Å². The second kappa shape index (κ2) is 4.87. The van der Waals surface area contributed by atoms with Crippen LogP contribution in [0.25, 0.3) is 0 Å². The third-order valence-electron chi connectivity index (χ3n) is 2.54. The van der Waals surface area contributed by atoms with Crippen LogP contribution in [0, 0.1) is 5.82 Å². The summed E-state index contributed by atoms with van der Waals surface area (Å²) in [6.07, 6.45) is 3.28. The molecule has 1 aromatic heterocycles. The lowest BCUT2D eigenvalue weighted by atomic mass is 10.2. The average molecular weight is 248 g/mol. The number of aromatic amines is 1. The standard InChI is InChI=1S/C12H13FN4O/c1-17(7-11-15-4-5-16-11)12(18)8-2-3-10(14)9(13)6-8/h2-6H,7,14H2,1H3,(H,15,16). The smallest absolute Gasteiger partial charge is 0.254 e. The number of carbonyl (C=O) groups is 1. The van der Waals surface area contributed by atoms with Crippen LogP contribution >= 0.6 is 0 Å². The molecule has 2 aromatic rings. The predicted molar refractivity (Wildman–Crippen MR) is 65.2 cm³/mol. The van der Waals surface area contributed by atoms with Crippen molar-refractivity contribution < 1.29 is 9.18 Å². The molecule has 1 aromatic carbocycles. The highest BCUT2D eigenvalue weighted by atomic mass is 19.1. The Bertz CT molecular complexity index is 553. The van der Waals surface area contributed by atoms with Crippen molar-refractivity contribution in [2.24, 2.45) is 0 Å². The quantitative estimate of drug-likeness (QED) is 0.806. The topological polar surface area (TPSA) is 75.0 Å². The number of H-pyrrole nitrogens is 1. The van der Waals surface area contributed by atoms with Crippen molar-refractivity contribution in [3.05, 3.63) is 47.8 Å². The minimum Gasteiger partial charge on any atom is -0.396 e. The van der Waals surface area contributed by atoms with Gasteiger partial charge < -0.3 is 15.6 Å². The van der Waals surface area contributed by atoms with Gasteiger partial charge in [0.2, 0.25) is 0 Å². The summed E-state index contributed by atoms with van der Waals surface area (Å²) in [4.78, 5) is 20.4. The number of anilines is 1. The third-order valence-corrected chi connectivity index (χ3v) is 2.54. The maximum absolute atomic E-state index is 13.3. The molecule has 0 saturated carbocycles. The Morgan fingerprint density at radius 3 is 2.94 bits per heavy atom. The van der Waals surface area contributed by atoms with Crippen LogP contribution in [0.2, 0.25) is 0 Å². The second-order valence-corrected chi connectivity index (χ2v) is 3.93. The largest absolute Gasteiger partial charge is 0.396 e. The number of imidazole rings is 1.